The van der Waals surface area contributed by atoms with Gasteiger partial charge in [0.15, 0.2) is 5.82 Å². The molecule has 0 saturated carbocycles. The van der Waals surface area contributed by atoms with E-state index in [1.807, 2.05) is 32.9 Å². The lowest BCUT2D eigenvalue weighted by molar-refractivity contribution is 0.881. The second-order valence-corrected chi connectivity index (χ2v) is 4.45. The molecule has 5 nitrogen and oxygen atoms in total. The van der Waals surface area contributed by atoms with Crippen LogP contribution in [-0.2, 0) is 0 Å². The predicted octanol–water partition coefficient (Wildman–Crippen LogP) is 2.37. The fourth-order valence-electron chi connectivity index (χ4n) is 2.06. The van der Waals surface area contributed by atoms with Gasteiger partial charge in [-0.25, -0.2) is 4.68 Å². The largest absolute Gasteiger partial charge is 0.382 e. The zero-order chi connectivity index (χ0) is 14.0. The van der Waals surface area contributed by atoms with Gasteiger partial charge in [-0.2, -0.15) is 5.26 Å². The monoisotopic (exact) mass is 255 g/mol. The number of nitriles is 1. The molecule has 0 aliphatic rings. The minimum Gasteiger partial charge on any atom is -0.382 e. The fourth-order valence-corrected chi connectivity index (χ4v) is 2.06. The molecule has 0 aliphatic heterocycles. The van der Waals surface area contributed by atoms with Crippen molar-refractivity contribution in [2.75, 3.05) is 17.6 Å². The van der Waals surface area contributed by atoms with Crippen LogP contribution >= 0.6 is 0 Å². The lowest BCUT2D eigenvalue weighted by Crippen LogP contribution is -2.04. The van der Waals surface area contributed by atoms with Gasteiger partial charge < -0.3 is 11.1 Å². The van der Waals surface area contributed by atoms with Gasteiger partial charge in [0, 0.05) is 6.54 Å². The molecule has 0 aliphatic carbocycles. The normalized spacial score (nSPS) is 10.2. The molecule has 0 atom stereocenters. The van der Waals surface area contributed by atoms with Crippen LogP contribution in [0.1, 0.15) is 23.6 Å². The first-order valence-electron chi connectivity index (χ1n) is 6.18. The lowest BCUT2D eigenvalue weighted by atomic mass is 10.1. The van der Waals surface area contributed by atoms with E-state index in [4.69, 9.17) is 5.73 Å². The Morgan fingerprint density at radius 3 is 2.74 bits per heavy atom. The molecule has 19 heavy (non-hydrogen) atoms. The van der Waals surface area contributed by atoms with E-state index in [1.54, 1.807) is 4.68 Å². The van der Waals surface area contributed by atoms with Crippen molar-refractivity contribution in [1.82, 2.24) is 9.78 Å². The second kappa shape index (κ2) is 5.02. The smallest absolute Gasteiger partial charge is 0.168 e. The molecule has 0 radical (unpaired) electrons. The number of aryl methyl sites for hydroxylation is 2. The Morgan fingerprint density at radius 1 is 1.42 bits per heavy atom. The number of rotatable bonds is 3. The van der Waals surface area contributed by atoms with Gasteiger partial charge in [0.25, 0.3) is 0 Å². The maximum absolute atomic E-state index is 9.18. The third-order valence-electron chi connectivity index (χ3n) is 2.96. The van der Waals surface area contributed by atoms with Crippen LogP contribution in [0.5, 0.6) is 0 Å². The summed E-state index contributed by atoms with van der Waals surface area (Å²) < 4.78 is 1.62. The molecule has 2 aromatic rings. The Kier molecular flexibility index (Phi) is 3.43. The fraction of sp³-hybridized carbons (Fsp3) is 0.286. The van der Waals surface area contributed by atoms with Crippen LogP contribution in [0.15, 0.2) is 18.2 Å². The van der Waals surface area contributed by atoms with E-state index >= 15 is 0 Å². The Bertz CT molecular complexity index is 649. The van der Waals surface area contributed by atoms with Gasteiger partial charge in [-0.1, -0.05) is 17.7 Å². The van der Waals surface area contributed by atoms with E-state index in [0.717, 1.165) is 11.3 Å². The zero-order valence-electron chi connectivity index (χ0n) is 11.4. The van der Waals surface area contributed by atoms with E-state index in [0.29, 0.717) is 23.7 Å². The quantitative estimate of drug-likeness (QED) is 0.882. The molecule has 98 valence electrons. The molecule has 0 bridgehead atoms. The van der Waals surface area contributed by atoms with Crippen LogP contribution in [0.4, 0.5) is 11.6 Å². The number of anilines is 2. The van der Waals surface area contributed by atoms with E-state index in [2.05, 4.69) is 22.6 Å². The van der Waals surface area contributed by atoms with Crippen molar-refractivity contribution in [1.29, 1.82) is 5.26 Å². The molecule has 2 rings (SSSR count). The van der Waals surface area contributed by atoms with E-state index in [9.17, 15) is 5.26 Å². The molecule has 1 heterocycles. The number of hydrogen-bond acceptors (Lipinski definition) is 4. The van der Waals surface area contributed by atoms with Gasteiger partial charge >= 0.3 is 0 Å². The van der Waals surface area contributed by atoms with Crippen molar-refractivity contribution in [2.24, 2.45) is 0 Å². The lowest BCUT2D eigenvalue weighted by Gasteiger charge is -2.08. The van der Waals surface area contributed by atoms with E-state index < -0.39 is 0 Å². The molecular formula is C14H17N5. The summed E-state index contributed by atoms with van der Waals surface area (Å²) in [6, 6.07) is 8.13. The van der Waals surface area contributed by atoms with Crippen molar-refractivity contribution < 1.29 is 0 Å². The molecular weight excluding hydrogens is 238 g/mol. The standard InChI is InChI=1S/C14H17N5/c1-4-17-14-11(8-15)13(16)19(18-14)12-6-5-9(2)7-10(12)3/h5-7H,4,16H2,1-3H3,(H,17,18). The Morgan fingerprint density at radius 2 is 2.16 bits per heavy atom. The number of nitrogen functional groups attached to an aromatic ring is 1. The summed E-state index contributed by atoms with van der Waals surface area (Å²) in [5, 5.41) is 16.6. The molecule has 0 saturated heterocycles. The van der Waals surface area contributed by atoms with E-state index in [1.165, 1.54) is 5.56 Å². The first-order chi connectivity index (χ1) is 9.08. The molecule has 0 amide bonds. The van der Waals surface area contributed by atoms with Gasteiger partial charge in [0.1, 0.15) is 17.5 Å². The average Bonchev–Trinajstić information content (AvgIpc) is 2.66. The third-order valence-corrected chi connectivity index (χ3v) is 2.96. The van der Waals surface area contributed by atoms with Crippen LogP contribution < -0.4 is 11.1 Å². The number of hydrogen-bond donors (Lipinski definition) is 2. The summed E-state index contributed by atoms with van der Waals surface area (Å²) in [6.45, 7) is 6.68. The van der Waals surface area contributed by atoms with Gasteiger partial charge in [-0.05, 0) is 32.4 Å². The van der Waals surface area contributed by atoms with Crippen LogP contribution in [0.2, 0.25) is 0 Å². The molecule has 3 N–H and O–H groups in total. The van der Waals surface area contributed by atoms with Crippen molar-refractivity contribution in [2.45, 2.75) is 20.8 Å². The van der Waals surface area contributed by atoms with Crippen LogP contribution in [0.3, 0.4) is 0 Å². The topological polar surface area (TPSA) is 79.7 Å². The Labute approximate surface area is 112 Å². The number of benzene rings is 1. The van der Waals surface area contributed by atoms with Crippen molar-refractivity contribution in [3.63, 3.8) is 0 Å². The van der Waals surface area contributed by atoms with Gasteiger partial charge in [0.05, 0.1) is 5.69 Å². The van der Waals surface area contributed by atoms with Crippen LogP contribution in [0, 0.1) is 25.2 Å². The van der Waals surface area contributed by atoms with Crippen molar-refractivity contribution >= 4 is 11.6 Å². The maximum atomic E-state index is 9.18. The Balaban J connectivity index is 2.60. The van der Waals surface area contributed by atoms with Crippen LogP contribution in [0.25, 0.3) is 5.69 Å². The van der Waals surface area contributed by atoms with Gasteiger partial charge in [-0.3, -0.25) is 0 Å². The predicted molar refractivity (Wildman–Crippen MR) is 76.3 cm³/mol. The number of nitrogens with two attached hydrogens (primary N) is 1. The van der Waals surface area contributed by atoms with Crippen molar-refractivity contribution in [3.8, 4) is 11.8 Å². The molecule has 1 aromatic carbocycles. The summed E-state index contributed by atoms with van der Waals surface area (Å²) in [7, 11) is 0. The molecule has 0 fully saturated rings. The molecule has 0 unspecified atom stereocenters. The average molecular weight is 255 g/mol. The number of aromatic nitrogens is 2. The highest BCUT2D eigenvalue weighted by molar-refractivity contribution is 5.66. The summed E-state index contributed by atoms with van der Waals surface area (Å²) >= 11 is 0. The van der Waals surface area contributed by atoms with E-state index in [-0.39, 0.29) is 0 Å². The summed E-state index contributed by atoms with van der Waals surface area (Å²) in [5.41, 5.74) is 9.56. The number of nitrogens with zero attached hydrogens (tertiary/aromatic N) is 3. The SMILES string of the molecule is CCNc1nn(-c2ccc(C)cc2C)c(N)c1C#N. The summed E-state index contributed by atoms with van der Waals surface area (Å²) in [4.78, 5) is 0. The van der Waals surface area contributed by atoms with Crippen molar-refractivity contribution in [3.05, 3.63) is 34.9 Å². The first kappa shape index (κ1) is 13.0. The molecule has 5 heteroatoms. The number of nitrogens with one attached hydrogen (secondary N) is 1. The highest BCUT2D eigenvalue weighted by atomic mass is 15.3. The van der Waals surface area contributed by atoms with Gasteiger partial charge in [-0.15, -0.1) is 5.10 Å². The molecule has 0 spiro atoms. The highest BCUT2D eigenvalue weighted by Crippen LogP contribution is 2.25. The third kappa shape index (κ3) is 2.25. The minimum absolute atomic E-state index is 0.366. The molecule has 1 aromatic heterocycles. The highest BCUT2D eigenvalue weighted by Gasteiger charge is 2.16. The second-order valence-electron chi connectivity index (χ2n) is 4.45. The summed E-state index contributed by atoms with van der Waals surface area (Å²) in [5.74, 6) is 0.896. The minimum atomic E-state index is 0.366. The van der Waals surface area contributed by atoms with Gasteiger partial charge in [0.2, 0.25) is 0 Å². The first-order valence-corrected chi connectivity index (χ1v) is 6.18. The Hall–Kier alpha value is -2.48. The van der Waals surface area contributed by atoms with Crippen LogP contribution in [-0.4, -0.2) is 16.3 Å². The maximum Gasteiger partial charge on any atom is 0.168 e. The summed E-state index contributed by atoms with van der Waals surface area (Å²) in [6.07, 6.45) is 0. The zero-order valence-corrected chi connectivity index (χ0v) is 11.4.